The Morgan fingerprint density at radius 3 is 2.67 bits per heavy atom. The quantitative estimate of drug-likeness (QED) is 0.538. The summed E-state index contributed by atoms with van der Waals surface area (Å²) >= 11 is 0. The average Bonchev–Trinajstić information content (AvgIpc) is 3.18. The van der Waals surface area contributed by atoms with Crippen LogP contribution in [0.15, 0.2) is 65.7 Å². The predicted molar refractivity (Wildman–Crippen MR) is 115 cm³/mol. The molecule has 0 aliphatic rings. The molecule has 2 heterocycles. The van der Waals surface area contributed by atoms with Crippen molar-refractivity contribution in [3.8, 4) is 11.3 Å². The Balaban J connectivity index is 1.50. The highest BCUT2D eigenvalue weighted by Crippen LogP contribution is 2.23. The fourth-order valence-corrected chi connectivity index (χ4v) is 3.38. The summed E-state index contributed by atoms with van der Waals surface area (Å²) in [6, 6.07) is 17.8. The number of carbonyl (C=O) groups is 1. The normalized spacial score (nSPS) is 11.0. The fraction of sp³-hybridized carbons (Fsp3) is 0.217. The van der Waals surface area contributed by atoms with Crippen molar-refractivity contribution < 1.29 is 4.79 Å². The molecule has 1 amide bonds. The van der Waals surface area contributed by atoms with E-state index in [0.717, 1.165) is 28.7 Å². The molecule has 2 aromatic carbocycles. The Kier molecular flexibility index (Phi) is 5.43. The molecule has 0 saturated heterocycles. The van der Waals surface area contributed by atoms with Gasteiger partial charge < -0.3 is 5.32 Å². The smallest absolute Gasteiger partial charge is 0.293 e. The van der Waals surface area contributed by atoms with E-state index in [1.54, 1.807) is 6.07 Å². The minimum Gasteiger partial charge on any atom is -0.354 e. The molecular formula is C23H23N5O2. The van der Waals surface area contributed by atoms with Gasteiger partial charge in [0.1, 0.15) is 18.4 Å². The third-order valence-corrected chi connectivity index (χ3v) is 5.03. The van der Waals surface area contributed by atoms with Gasteiger partial charge in [0.2, 0.25) is 5.91 Å². The molecule has 30 heavy (non-hydrogen) atoms. The van der Waals surface area contributed by atoms with E-state index in [1.165, 1.54) is 15.5 Å². The van der Waals surface area contributed by atoms with Gasteiger partial charge in [-0.15, -0.1) is 0 Å². The number of amides is 1. The van der Waals surface area contributed by atoms with E-state index in [0.29, 0.717) is 17.8 Å². The Morgan fingerprint density at radius 1 is 1.07 bits per heavy atom. The van der Waals surface area contributed by atoms with Gasteiger partial charge in [0, 0.05) is 12.1 Å². The maximum absolute atomic E-state index is 12.8. The monoisotopic (exact) mass is 401 g/mol. The summed E-state index contributed by atoms with van der Waals surface area (Å²) in [4.78, 5) is 25.1. The Labute approximate surface area is 174 Å². The first-order chi connectivity index (χ1) is 14.5. The molecule has 0 saturated carbocycles. The molecule has 152 valence electrons. The summed E-state index contributed by atoms with van der Waals surface area (Å²) in [6.45, 7) is 4.40. The Morgan fingerprint density at radius 2 is 1.87 bits per heavy atom. The van der Waals surface area contributed by atoms with Gasteiger partial charge in [0.25, 0.3) is 5.56 Å². The summed E-state index contributed by atoms with van der Waals surface area (Å²) in [5.41, 5.74) is 5.07. The summed E-state index contributed by atoms with van der Waals surface area (Å²) in [5, 5.41) is 11.4. The van der Waals surface area contributed by atoms with Gasteiger partial charge in [0.05, 0.1) is 5.69 Å². The fourth-order valence-electron chi connectivity index (χ4n) is 3.38. The number of nitrogens with zero attached hydrogens (tertiary/aromatic N) is 4. The number of carbonyl (C=O) groups excluding carboxylic acids is 1. The van der Waals surface area contributed by atoms with Crippen molar-refractivity contribution >= 4 is 11.4 Å². The van der Waals surface area contributed by atoms with Crippen LogP contribution < -0.4 is 10.9 Å². The van der Waals surface area contributed by atoms with Crippen molar-refractivity contribution in [3.05, 3.63) is 88.0 Å². The summed E-state index contributed by atoms with van der Waals surface area (Å²) < 4.78 is 2.63. The molecule has 0 atom stereocenters. The van der Waals surface area contributed by atoms with Crippen molar-refractivity contribution in [1.29, 1.82) is 0 Å². The van der Waals surface area contributed by atoms with Gasteiger partial charge in [-0.25, -0.2) is 9.20 Å². The lowest BCUT2D eigenvalue weighted by atomic mass is 10.0. The lowest BCUT2D eigenvalue weighted by molar-refractivity contribution is -0.121. The number of nitrogens with one attached hydrogen (secondary N) is 1. The molecule has 0 spiro atoms. The Hall–Kier alpha value is -3.74. The van der Waals surface area contributed by atoms with Gasteiger partial charge in [0.15, 0.2) is 0 Å². The molecule has 0 unspecified atom stereocenters. The standard InChI is InChI=1S/C23H23N5O2/c1-16-8-9-17(2)19(12-16)20-13-21-23(30)27(25-15-28(21)26-20)14-22(29)24-11-10-18-6-4-3-5-7-18/h3-9,12-13,15H,10-11,14H2,1-2H3,(H,24,29). The second-order valence-electron chi connectivity index (χ2n) is 7.36. The van der Waals surface area contributed by atoms with Crippen LogP contribution in [0.4, 0.5) is 0 Å². The van der Waals surface area contributed by atoms with Crippen LogP contribution in [0.25, 0.3) is 16.8 Å². The predicted octanol–water partition coefficient (Wildman–Crippen LogP) is 2.53. The van der Waals surface area contributed by atoms with Crippen molar-refractivity contribution in [1.82, 2.24) is 24.7 Å². The molecule has 0 bridgehead atoms. The van der Waals surface area contributed by atoms with Crippen LogP contribution in [0.2, 0.25) is 0 Å². The van der Waals surface area contributed by atoms with Crippen molar-refractivity contribution in [2.24, 2.45) is 0 Å². The van der Waals surface area contributed by atoms with Crippen LogP contribution in [0.1, 0.15) is 16.7 Å². The third-order valence-electron chi connectivity index (χ3n) is 5.03. The van der Waals surface area contributed by atoms with Crippen LogP contribution in [0, 0.1) is 13.8 Å². The number of aryl methyl sites for hydroxylation is 2. The average molecular weight is 401 g/mol. The number of benzene rings is 2. The first kappa shape index (κ1) is 19.6. The molecule has 0 aliphatic carbocycles. The molecule has 2 aromatic heterocycles. The van der Waals surface area contributed by atoms with Crippen LogP contribution in [-0.4, -0.2) is 31.8 Å². The lowest BCUT2D eigenvalue weighted by Gasteiger charge is -2.07. The number of hydrogen-bond donors (Lipinski definition) is 1. The molecule has 7 nitrogen and oxygen atoms in total. The van der Waals surface area contributed by atoms with E-state index in [-0.39, 0.29) is 18.0 Å². The van der Waals surface area contributed by atoms with E-state index in [1.807, 2.05) is 62.4 Å². The maximum Gasteiger partial charge on any atom is 0.293 e. The zero-order valence-electron chi connectivity index (χ0n) is 17.0. The zero-order valence-corrected chi connectivity index (χ0v) is 17.0. The third kappa shape index (κ3) is 4.15. The SMILES string of the molecule is Cc1ccc(C)c(-c2cc3c(=O)n(CC(=O)NCCc4ccccc4)ncn3n2)c1. The van der Waals surface area contributed by atoms with E-state index in [4.69, 9.17) is 0 Å². The topological polar surface area (TPSA) is 81.3 Å². The number of fused-ring (bicyclic) bond motifs is 1. The van der Waals surface area contributed by atoms with Gasteiger partial charge >= 0.3 is 0 Å². The van der Waals surface area contributed by atoms with E-state index in [2.05, 4.69) is 15.5 Å². The maximum atomic E-state index is 12.8. The number of hydrogen-bond acceptors (Lipinski definition) is 4. The van der Waals surface area contributed by atoms with Crippen LogP contribution in [-0.2, 0) is 17.8 Å². The second kappa shape index (κ2) is 8.32. The number of aromatic nitrogens is 4. The van der Waals surface area contributed by atoms with Crippen LogP contribution >= 0.6 is 0 Å². The molecule has 1 N–H and O–H groups in total. The molecule has 4 rings (SSSR count). The second-order valence-corrected chi connectivity index (χ2v) is 7.36. The highest BCUT2D eigenvalue weighted by atomic mass is 16.2. The van der Waals surface area contributed by atoms with Gasteiger partial charge in [-0.3, -0.25) is 9.59 Å². The number of rotatable bonds is 6. The highest BCUT2D eigenvalue weighted by molar-refractivity contribution is 5.75. The molecule has 0 radical (unpaired) electrons. The van der Waals surface area contributed by atoms with Gasteiger partial charge in [-0.2, -0.15) is 10.2 Å². The first-order valence-electron chi connectivity index (χ1n) is 9.85. The van der Waals surface area contributed by atoms with Crippen LogP contribution in [0.5, 0.6) is 0 Å². The molecule has 7 heteroatoms. The van der Waals surface area contributed by atoms with E-state index in [9.17, 15) is 9.59 Å². The van der Waals surface area contributed by atoms with Gasteiger partial charge in [-0.05, 0) is 43.5 Å². The molecule has 4 aromatic rings. The molecule has 0 fully saturated rings. The first-order valence-corrected chi connectivity index (χ1v) is 9.85. The van der Waals surface area contributed by atoms with Crippen molar-refractivity contribution in [3.63, 3.8) is 0 Å². The summed E-state index contributed by atoms with van der Waals surface area (Å²) in [5.74, 6) is -0.251. The molecular weight excluding hydrogens is 378 g/mol. The largest absolute Gasteiger partial charge is 0.354 e. The lowest BCUT2D eigenvalue weighted by Crippen LogP contribution is -2.35. The van der Waals surface area contributed by atoms with Gasteiger partial charge in [-0.1, -0.05) is 48.0 Å². The summed E-state index contributed by atoms with van der Waals surface area (Å²) in [7, 11) is 0. The van der Waals surface area contributed by atoms with Crippen molar-refractivity contribution in [2.75, 3.05) is 6.54 Å². The minimum atomic E-state index is -0.347. The molecule has 0 aliphatic heterocycles. The summed E-state index contributed by atoms with van der Waals surface area (Å²) in [6.07, 6.45) is 2.19. The zero-order chi connectivity index (χ0) is 21.1. The van der Waals surface area contributed by atoms with E-state index < -0.39 is 0 Å². The van der Waals surface area contributed by atoms with E-state index >= 15 is 0 Å². The van der Waals surface area contributed by atoms with Crippen LogP contribution in [0.3, 0.4) is 0 Å². The Bertz CT molecular complexity index is 1260. The minimum absolute atomic E-state index is 0.131. The van der Waals surface area contributed by atoms with Crippen molar-refractivity contribution in [2.45, 2.75) is 26.8 Å². The highest BCUT2D eigenvalue weighted by Gasteiger charge is 2.13.